The summed E-state index contributed by atoms with van der Waals surface area (Å²) < 4.78 is 2.15. The zero-order valence-corrected chi connectivity index (χ0v) is 13.5. The Morgan fingerprint density at radius 2 is 1.77 bits per heavy atom. The first-order valence-corrected chi connectivity index (χ1v) is 8.32. The molecule has 0 saturated heterocycles. The molecule has 2 aromatic heterocycles. The van der Waals surface area contributed by atoms with E-state index in [9.17, 15) is 0 Å². The van der Waals surface area contributed by atoms with Crippen molar-refractivity contribution in [3.63, 3.8) is 0 Å². The summed E-state index contributed by atoms with van der Waals surface area (Å²) in [5.41, 5.74) is 5.90. The molecule has 0 radical (unpaired) electrons. The van der Waals surface area contributed by atoms with Crippen LogP contribution in [0.1, 0.15) is 43.9 Å². The Labute approximate surface area is 132 Å². The van der Waals surface area contributed by atoms with Gasteiger partial charge in [-0.25, -0.2) is 4.98 Å². The molecule has 0 unspecified atom stereocenters. The van der Waals surface area contributed by atoms with Crippen molar-refractivity contribution < 1.29 is 0 Å². The lowest BCUT2D eigenvalue weighted by atomic mass is 10.0. The maximum Gasteiger partial charge on any atom is 0.137 e. The molecule has 0 N–H and O–H groups in total. The van der Waals surface area contributed by atoms with Crippen LogP contribution in [0.25, 0.3) is 16.9 Å². The van der Waals surface area contributed by atoms with E-state index in [2.05, 4.69) is 66.9 Å². The Morgan fingerprint density at radius 3 is 2.50 bits per heavy atom. The average molecular weight is 292 g/mol. The Kier molecular flexibility index (Phi) is 4.57. The number of hydrogen-bond acceptors (Lipinski definition) is 1. The summed E-state index contributed by atoms with van der Waals surface area (Å²) in [7, 11) is 0. The average Bonchev–Trinajstić information content (AvgIpc) is 2.98. The number of benzene rings is 1. The van der Waals surface area contributed by atoms with E-state index in [-0.39, 0.29) is 0 Å². The molecule has 0 aliphatic rings. The molecule has 0 saturated carbocycles. The summed E-state index contributed by atoms with van der Waals surface area (Å²) in [5.74, 6) is 0. The standard InChI is InChI=1S/C20H24N2/c1-3-4-5-6-9-17-11-13-18(14-12-17)19-15-22-16(2)8-7-10-20(22)21-19/h7-8,10-15H,3-6,9H2,1-2H3. The quantitative estimate of drug-likeness (QED) is 0.553. The number of fused-ring (bicyclic) bond motifs is 1. The van der Waals surface area contributed by atoms with Gasteiger partial charge in [0.25, 0.3) is 0 Å². The first-order valence-electron chi connectivity index (χ1n) is 8.32. The van der Waals surface area contributed by atoms with Crippen LogP contribution in [0, 0.1) is 6.92 Å². The minimum absolute atomic E-state index is 1.01. The van der Waals surface area contributed by atoms with Crippen LogP contribution in [0.2, 0.25) is 0 Å². The van der Waals surface area contributed by atoms with Crippen LogP contribution >= 0.6 is 0 Å². The third kappa shape index (κ3) is 3.22. The number of imidazole rings is 1. The van der Waals surface area contributed by atoms with E-state index in [1.165, 1.54) is 48.9 Å². The summed E-state index contributed by atoms with van der Waals surface area (Å²) in [4.78, 5) is 4.72. The van der Waals surface area contributed by atoms with Crippen LogP contribution in [0.5, 0.6) is 0 Å². The molecule has 3 rings (SSSR count). The third-order valence-corrected chi connectivity index (χ3v) is 4.26. The van der Waals surface area contributed by atoms with Crippen LogP contribution in [-0.2, 0) is 6.42 Å². The molecular formula is C20H24N2. The van der Waals surface area contributed by atoms with Crippen molar-refractivity contribution in [2.24, 2.45) is 0 Å². The first kappa shape index (κ1) is 14.8. The fourth-order valence-corrected chi connectivity index (χ4v) is 2.89. The second-order valence-corrected chi connectivity index (χ2v) is 6.03. The van der Waals surface area contributed by atoms with Gasteiger partial charge < -0.3 is 4.40 Å². The number of pyridine rings is 1. The Morgan fingerprint density at radius 1 is 0.955 bits per heavy atom. The lowest BCUT2D eigenvalue weighted by Crippen LogP contribution is -1.87. The number of hydrogen-bond donors (Lipinski definition) is 0. The highest BCUT2D eigenvalue weighted by molar-refractivity contribution is 5.63. The predicted octanol–water partition coefficient (Wildman–Crippen LogP) is 5.43. The zero-order valence-electron chi connectivity index (χ0n) is 13.5. The topological polar surface area (TPSA) is 17.3 Å². The molecule has 0 spiro atoms. The van der Waals surface area contributed by atoms with Gasteiger partial charge in [-0.15, -0.1) is 0 Å². The van der Waals surface area contributed by atoms with Gasteiger partial charge in [0.1, 0.15) is 5.65 Å². The maximum atomic E-state index is 4.72. The number of aryl methyl sites for hydroxylation is 2. The fourth-order valence-electron chi connectivity index (χ4n) is 2.89. The number of rotatable bonds is 6. The van der Waals surface area contributed by atoms with Gasteiger partial charge in [0.15, 0.2) is 0 Å². The fraction of sp³-hybridized carbons (Fsp3) is 0.350. The molecule has 3 aromatic rings. The molecule has 0 fully saturated rings. The highest BCUT2D eigenvalue weighted by atomic mass is 15.0. The molecule has 0 amide bonds. The normalized spacial score (nSPS) is 11.2. The Hall–Kier alpha value is -2.09. The van der Waals surface area contributed by atoms with E-state index in [1.807, 2.05) is 0 Å². The molecule has 1 aromatic carbocycles. The van der Waals surface area contributed by atoms with Crippen LogP contribution in [0.15, 0.2) is 48.7 Å². The second-order valence-electron chi connectivity index (χ2n) is 6.03. The molecule has 0 bridgehead atoms. The lowest BCUT2D eigenvalue weighted by Gasteiger charge is -2.02. The summed E-state index contributed by atoms with van der Waals surface area (Å²) in [5, 5.41) is 0. The van der Waals surface area contributed by atoms with Gasteiger partial charge in [0.05, 0.1) is 5.69 Å². The van der Waals surface area contributed by atoms with Crippen molar-refractivity contribution in [2.75, 3.05) is 0 Å². The van der Waals surface area contributed by atoms with E-state index in [1.54, 1.807) is 0 Å². The maximum absolute atomic E-state index is 4.72. The van der Waals surface area contributed by atoms with E-state index in [0.717, 1.165) is 11.3 Å². The van der Waals surface area contributed by atoms with Crippen molar-refractivity contribution >= 4 is 5.65 Å². The summed E-state index contributed by atoms with van der Waals surface area (Å²) >= 11 is 0. The molecule has 0 aliphatic heterocycles. The van der Waals surface area contributed by atoms with Gasteiger partial charge in [-0.2, -0.15) is 0 Å². The van der Waals surface area contributed by atoms with Crippen molar-refractivity contribution in [1.29, 1.82) is 0 Å². The minimum Gasteiger partial charge on any atom is -0.304 e. The summed E-state index contributed by atoms with van der Waals surface area (Å²) in [6.07, 6.45) is 8.58. The van der Waals surface area contributed by atoms with E-state index < -0.39 is 0 Å². The van der Waals surface area contributed by atoms with Gasteiger partial charge >= 0.3 is 0 Å². The molecule has 114 valence electrons. The molecule has 2 nitrogen and oxygen atoms in total. The predicted molar refractivity (Wildman–Crippen MR) is 93.2 cm³/mol. The van der Waals surface area contributed by atoms with Crippen molar-refractivity contribution in [2.45, 2.75) is 46.0 Å². The molecule has 0 aliphatic carbocycles. The number of aromatic nitrogens is 2. The second kappa shape index (κ2) is 6.78. The molecule has 2 heteroatoms. The van der Waals surface area contributed by atoms with Crippen LogP contribution in [-0.4, -0.2) is 9.38 Å². The monoisotopic (exact) mass is 292 g/mol. The summed E-state index contributed by atoms with van der Waals surface area (Å²) in [6, 6.07) is 15.1. The van der Waals surface area contributed by atoms with Crippen molar-refractivity contribution in [3.8, 4) is 11.3 Å². The SMILES string of the molecule is CCCCCCc1ccc(-c2cn3c(C)cccc3n2)cc1. The lowest BCUT2D eigenvalue weighted by molar-refractivity contribution is 0.667. The van der Waals surface area contributed by atoms with Crippen LogP contribution in [0.3, 0.4) is 0 Å². The minimum atomic E-state index is 1.01. The van der Waals surface area contributed by atoms with Gasteiger partial charge in [-0.1, -0.05) is 56.5 Å². The Bertz CT molecular complexity index is 738. The first-order chi connectivity index (χ1) is 10.8. The highest BCUT2D eigenvalue weighted by Gasteiger charge is 2.05. The molecular weight excluding hydrogens is 268 g/mol. The smallest absolute Gasteiger partial charge is 0.137 e. The summed E-state index contributed by atoms with van der Waals surface area (Å²) in [6.45, 7) is 4.36. The van der Waals surface area contributed by atoms with Crippen molar-refractivity contribution in [3.05, 3.63) is 59.9 Å². The largest absolute Gasteiger partial charge is 0.304 e. The van der Waals surface area contributed by atoms with Gasteiger partial charge in [0.2, 0.25) is 0 Å². The number of unbranched alkanes of at least 4 members (excludes halogenated alkanes) is 3. The van der Waals surface area contributed by atoms with E-state index in [4.69, 9.17) is 4.98 Å². The van der Waals surface area contributed by atoms with E-state index >= 15 is 0 Å². The Balaban J connectivity index is 1.75. The zero-order chi connectivity index (χ0) is 15.4. The molecule has 2 heterocycles. The van der Waals surface area contributed by atoms with Crippen molar-refractivity contribution in [1.82, 2.24) is 9.38 Å². The van der Waals surface area contributed by atoms with Gasteiger partial charge in [0, 0.05) is 17.5 Å². The van der Waals surface area contributed by atoms with Gasteiger partial charge in [-0.05, 0) is 37.5 Å². The van der Waals surface area contributed by atoms with E-state index in [0.29, 0.717) is 0 Å². The van der Waals surface area contributed by atoms with Gasteiger partial charge in [-0.3, -0.25) is 0 Å². The molecule has 22 heavy (non-hydrogen) atoms. The van der Waals surface area contributed by atoms with Crippen LogP contribution in [0.4, 0.5) is 0 Å². The third-order valence-electron chi connectivity index (χ3n) is 4.26. The number of nitrogens with zero attached hydrogens (tertiary/aromatic N) is 2. The molecule has 0 atom stereocenters. The highest BCUT2D eigenvalue weighted by Crippen LogP contribution is 2.21. The van der Waals surface area contributed by atoms with Crippen LogP contribution < -0.4 is 0 Å².